The molecule has 2 aromatic heterocycles. The van der Waals surface area contributed by atoms with Crippen LogP contribution in [0.4, 0.5) is 0 Å². The van der Waals surface area contributed by atoms with Gasteiger partial charge in [0.15, 0.2) is 23.3 Å². The lowest BCUT2D eigenvalue weighted by molar-refractivity contribution is 0.425. The lowest BCUT2D eigenvalue weighted by Gasteiger charge is -2.21. The fraction of sp³-hybridized carbons (Fsp3) is 0.0769. The number of aromatic nitrogens is 6. The smallest absolute Gasteiger partial charge is 0.423 e. The van der Waals surface area contributed by atoms with Crippen molar-refractivity contribution in [2.45, 2.75) is 38.5 Å². The van der Waals surface area contributed by atoms with Gasteiger partial charge >= 0.3 is 7.12 Å². The average Bonchev–Trinajstić information content (AvgIpc) is 2.06. The molecule has 2 N–H and O–H groups in total. The van der Waals surface area contributed by atoms with E-state index in [2.05, 4.69) is 263 Å². The van der Waals surface area contributed by atoms with E-state index in [1.54, 1.807) is 6.07 Å². The first-order valence-corrected chi connectivity index (χ1v) is 30.4. The third kappa shape index (κ3) is 10.0. The van der Waals surface area contributed by atoms with Crippen LogP contribution in [-0.2, 0) is 10.8 Å². The molecule has 0 spiro atoms. The molecule has 8 nitrogen and oxygen atoms in total. The van der Waals surface area contributed by atoms with Gasteiger partial charge in [-0.25, -0.2) is 0 Å². The summed E-state index contributed by atoms with van der Waals surface area (Å²) >= 11 is 3.51. The molecule has 0 atom stereocenters. The first kappa shape index (κ1) is 55.8. The Bertz CT molecular complexity index is 4890. The van der Waals surface area contributed by atoms with Gasteiger partial charge in [-0.1, -0.05) is 292 Å². The minimum atomic E-state index is -1.41. The largest absolute Gasteiger partial charge is 0.488 e. The zero-order chi connectivity index (χ0) is 60.1. The van der Waals surface area contributed by atoms with Crippen LogP contribution >= 0.6 is 15.9 Å². The molecule has 424 valence electrons. The van der Waals surface area contributed by atoms with Crippen LogP contribution in [0.3, 0.4) is 0 Å². The molecule has 0 fully saturated rings. The Labute approximate surface area is 521 Å². The Balaban J connectivity index is 0.000000127. The van der Waals surface area contributed by atoms with Crippen LogP contribution in [0.2, 0.25) is 0 Å². The van der Waals surface area contributed by atoms with Crippen LogP contribution in [0.5, 0.6) is 0 Å². The molecule has 16 rings (SSSR count). The number of halogens is 1. The normalized spacial score (nSPS) is 12.9. The van der Waals surface area contributed by atoms with Crippen molar-refractivity contribution in [3.63, 3.8) is 0 Å². The molecule has 0 amide bonds. The van der Waals surface area contributed by atoms with Gasteiger partial charge in [-0.15, -0.1) is 20.4 Å². The lowest BCUT2D eigenvalue weighted by Crippen LogP contribution is -2.30. The molecule has 10 heteroatoms. The molecular formula is C78H60BBrN6O2. The van der Waals surface area contributed by atoms with Crippen LogP contribution in [-0.4, -0.2) is 46.7 Å². The number of nitrogens with zero attached hydrogens (tertiary/aromatic N) is 6. The van der Waals surface area contributed by atoms with E-state index < -0.39 is 7.12 Å². The zero-order valence-corrected chi connectivity index (χ0v) is 50.7. The van der Waals surface area contributed by atoms with Gasteiger partial charge in [-0.05, 0) is 102 Å². The fourth-order valence-electron chi connectivity index (χ4n) is 13.0. The number of hydrogen-bond acceptors (Lipinski definition) is 6. The quantitative estimate of drug-likeness (QED) is 0.147. The molecule has 2 aliphatic rings. The first-order chi connectivity index (χ1) is 42.9. The highest BCUT2D eigenvalue weighted by atomic mass is 79.9. The monoisotopic (exact) mass is 1200 g/mol. The molecule has 0 aliphatic heterocycles. The van der Waals surface area contributed by atoms with Gasteiger partial charge in [-0.2, -0.15) is 0 Å². The van der Waals surface area contributed by atoms with Crippen molar-refractivity contribution in [1.29, 1.82) is 0 Å². The molecule has 0 saturated carbocycles. The molecule has 0 unspecified atom stereocenters. The van der Waals surface area contributed by atoms with Crippen molar-refractivity contribution in [3.8, 4) is 90.3 Å². The molecule has 0 bridgehead atoms. The first-order valence-electron chi connectivity index (χ1n) is 29.6. The molecule has 12 aromatic carbocycles. The van der Waals surface area contributed by atoms with Crippen LogP contribution in [0.15, 0.2) is 284 Å². The second-order valence-corrected chi connectivity index (χ2v) is 24.4. The predicted octanol–water partition coefficient (Wildman–Crippen LogP) is 17.9. The second kappa shape index (κ2) is 23.0. The summed E-state index contributed by atoms with van der Waals surface area (Å²) in [5.74, 6) is 3.30. The van der Waals surface area contributed by atoms with Crippen LogP contribution < -0.4 is 5.46 Å². The van der Waals surface area contributed by atoms with Crippen molar-refractivity contribution in [1.82, 2.24) is 29.5 Å². The van der Waals surface area contributed by atoms with Crippen molar-refractivity contribution >= 4 is 50.1 Å². The molecule has 2 aliphatic carbocycles. The highest BCUT2D eigenvalue weighted by Gasteiger charge is 2.37. The Kier molecular flexibility index (Phi) is 14.6. The average molecular weight is 1200 g/mol. The number of fused-ring (bicyclic) bond motifs is 8. The minimum absolute atomic E-state index is 0.0104. The van der Waals surface area contributed by atoms with Gasteiger partial charge in [0, 0.05) is 48.3 Å². The van der Waals surface area contributed by atoms with Crippen molar-refractivity contribution in [3.05, 3.63) is 306 Å². The molecule has 0 radical (unpaired) electrons. The summed E-state index contributed by atoms with van der Waals surface area (Å²) < 4.78 is 5.39. The molecule has 88 heavy (non-hydrogen) atoms. The molecular weight excluding hydrogens is 1140 g/mol. The van der Waals surface area contributed by atoms with Crippen molar-refractivity contribution in [2.75, 3.05) is 0 Å². The van der Waals surface area contributed by atoms with E-state index in [0.29, 0.717) is 5.46 Å². The van der Waals surface area contributed by atoms with E-state index in [9.17, 15) is 10.0 Å². The van der Waals surface area contributed by atoms with E-state index in [4.69, 9.17) is 10.2 Å². The van der Waals surface area contributed by atoms with E-state index in [-0.39, 0.29) is 10.8 Å². The number of hydrogen-bond donors (Lipinski definition) is 2. The SMILES string of the molecule is Brc1ccc(-c2nnc(-c3ccccc3)n2-c2cccc3ccccc23)cc1.CC1(C)c2ccccc2-c2cc(-c3ccc(-c4nnc(-c5ccccc5)n4-c4cccc5ccccc45)cc3)ccc21.CC1(C)c2ccccc2-c2cc(B(O)O)ccc21. The van der Waals surface area contributed by atoms with Gasteiger partial charge in [0.25, 0.3) is 0 Å². The van der Waals surface area contributed by atoms with Gasteiger partial charge < -0.3 is 10.0 Å². The van der Waals surface area contributed by atoms with Crippen LogP contribution in [0.25, 0.3) is 112 Å². The van der Waals surface area contributed by atoms with Gasteiger partial charge in [0.05, 0.1) is 11.4 Å². The maximum atomic E-state index is 9.29. The van der Waals surface area contributed by atoms with Gasteiger partial charge in [-0.3, -0.25) is 9.13 Å². The summed E-state index contributed by atoms with van der Waals surface area (Å²) in [6.45, 7) is 9.04. The molecule has 14 aromatic rings. The third-order valence-corrected chi connectivity index (χ3v) is 18.0. The fourth-order valence-corrected chi connectivity index (χ4v) is 13.2. The highest BCUT2D eigenvalue weighted by molar-refractivity contribution is 9.10. The minimum Gasteiger partial charge on any atom is -0.423 e. The summed E-state index contributed by atoms with van der Waals surface area (Å²) in [5, 5.41) is 41.9. The highest BCUT2D eigenvalue weighted by Crippen LogP contribution is 2.50. The summed E-state index contributed by atoms with van der Waals surface area (Å²) in [6, 6.07) is 96.7. The van der Waals surface area contributed by atoms with E-state index in [0.717, 1.165) is 72.3 Å². The summed E-state index contributed by atoms with van der Waals surface area (Å²) in [4.78, 5) is 0. The van der Waals surface area contributed by atoms with Gasteiger partial charge in [0.2, 0.25) is 0 Å². The number of rotatable bonds is 8. The van der Waals surface area contributed by atoms with Crippen LogP contribution in [0, 0.1) is 0 Å². The Morgan fingerprint density at radius 3 is 1.15 bits per heavy atom. The van der Waals surface area contributed by atoms with E-state index in [1.807, 2.05) is 72.8 Å². The van der Waals surface area contributed by atoms with Gasteiger partial charge in [0.1, 0.15) is 0 Å². The summed E-state index contributed by atoms with van der Waals surface area (Å²) in [5.41, 5.74) is 19.5. The molecule has 2 heterocycles. The zero-order valence-electron chi connectivity index (χ0n) is 49.1. The Hall–Kier alpha value is -10.1. The topological polar surface area (TPSA) is 102 Å². The Morgan fingerprint density at radius 2 is 0.670 bits per heavy atom. The second-order valence-electron chi connectivity index (χ2n) is 23.5. The number of benzene rings is 12. The third-order valence-electron chi connectivity index (χ3n) is 17.5. The predicted molar refractivity (Wildman–Crippen MR) is 364 cm³/mol. The van der Waals surface area contributed by atoms with Crippen LogP contribution in [0.1, 0.15) is 49.9 Å². The Morgan fingerprint density at radius 1 is 0.318 bits per heavy atom. The summed E-state index contributed by atoms with van der Waals surface area (Å²) in [7, 11) is -1.41. The van der Waals surface area contributed by atoms with E-state index in [1.165, 1.54) is 66.2 Å². The maximum absolute atomic E-state index is 9.29. The van der Waals surface area contributed by atoms with Crippen molar-refractivity contribution in [2.24, 2.45) is 0 Å². The van der Waals surface area contributed by atoms with E-state index >= 15 is 0 Å². The summed E-state index contributed by atoms with van der Waals surface area (Å²) in [6.07, 6.45) is 0. The maximum Gasteiger partial charge on any atom is 0.488 e. The van der Waals surface area contributed by atoms with Crippen molar-refractivity contribution < 1.29 is 10.0 Å². The molecule has 0 saturated heterocycles. The standard InChI is InChI=1S/C39H29N3.C24H16BrN3.C15H15BO2/c1-39(2)34-17-9-8-16-32(34)33-25-30(23-24-35(33)39)26-19-21-29(22-20-26)38-41-40-37(28-12-4-3-5-13-28)42(38)36-18-10-14-27-11-6-7-15-31(27)36;25-20-15-13-19(14-16-20)24-27-26-23(18-8-2-1-3-9-18)28(24)22-12-6-10-17-7-4-5-11-21(17)22;1-15(2)13-6-4-3-5-11(13)12-9-10(16(17)18)7-8-14(12)15/h3-25H,1-2H3;1-16H;3-9,17-18H,1-2H3. The lowest BCUT2D eigenvalue weighted by atomic mass is 9.77.